The smallest absolute Gasteiger partial charge is 0.410 e. The lowest BCUT2D eigenvalue weighted by atomic mass is 10.1. The molecule has 0 spiro atoms. The van der Waals surface area contributed by atoms with Crippen molar-refractivity contribution in [3.05, 3.63) is 24.0 Å². The van der Waals surface area contributed by atoms with Crippen LogP contribution < -0.4 is 15.4 Å². The standard InChI is InChI=1S/C29H45N7O3/c1-20(2)11-16-30-14-7-8-15-31-26-27-34-33-21(3)36(27)25-10-9-23(19-24(25)32-26)38-22-12-17-35(18-13-22)28(37)39-29(4,5)6/h9-10,19-20,22,30H,7-8,11-18H2,1-6H3,(H,31,32). The highest BCUT2D eigenvalue weighted by atomic mass is 16.6. The summed E-state index contributed by atoms with van der Waals surface area (Å²) in [5, 5.41) is 15.7. The Labute approximate surface area is 231 Å². The molecule has 10 nitrogen and oxygen atoms in total. The van der Waals surface area contributed by atoms with Crippen LogP contribution in [0.2, 0.25) is 0 Å². The molecule has 214 valence electrons. The SMILES string of the molecule is Cc1nnc2c(NCCCCNCCC(C)C)nc3cc(OC4CCN(C(=O)OC(C)(C)C)CC4)ccc3n12. The third kappa shape index (κ3) is 7.94. The highest BCUT2D eigenvalue weighted by Crippen LogP contribution is 2.27. The summed E-state index contributed by atoms with van der Waals surface area (Å²) >= 11 is 0. The van der Waals surface area contributed by atoms with E-state index in [0.29, 0.717) is 13.1 Å². The molecule has 1 fully saturated rings. The Balaban J connectivity index is 1.37. The summed E-state index contributed by atoms with van der Waals surface area (Å²) < 4.78 is 13.9. The number of aromatic nitrogens is 4. The van der Waals surface area contributed by atoms with Crippen LogP contribution in [-0.2, 0) is 4.74 Å². The average molecular weight is 540 g/mol. The van der Waals surface area contributed by atoms with E-state index in [-0.39, 0.29) is 12.2 Å². The van der Waals surface area contributed by atoms with Crippen LogP contribution in [0.25, 0.3) is 16.7 Å². The van der Waals surface area contributed by atoms with Gasteiger partial charge in [0.2, 0.25) is 5.65 Å². The lowest BCUT2D eigenvalue weighted by Gasteiger charge is -2.33. The first-order chi connectivity index (χ1) is 18.6. The van der Waals surface area contributed by atoms with E-state index in [4.69, 9.17) is 14.5 Å². The first-order valence-corrected chi connectivity index (χ1v) is 14.4. The number of aryl methyl sites for hydroxylation is 1. The molecule has 2 N–H and O–H groups in total. The summed E-state index contributed by atoms with van der Waals surface area (Å²) in [7, 11) is 0. The molecule has 2 aromatic heterocycles. The predicted molar refractivity (Wildman–Crippen MR) is 155 cm³/mol. The molecule has 3 aromatic rings. The molecule has 39 heavy (non-hydrogen) atoms. The van der Waals surface area contributed by atoms with Gasteiger partial charge in [-0.05, 0) is 78.1 Å². The summed E-state index contributed by atoms with van der Waals surface area (Å²) in [6, 6.07) is 5.98. The van der Waals surface area contributed by atoms with E-state index in [1.807, 2.05) is 50.3 Å². The summed E-state index contributed by atoms with van der Waals surface area (Å²) in [4.78, 5) is 19.0. The number of hydrogen-bond acceptors (Lipinski definition) is 8. The van der Waals surface area contributed by atoms with Gasteiger partial charge in [0.1, 0.15) is 23.3 Å². The number of nitrogens with one attached hydrogen (secondary N) is 2. The molecule has 1 saturated heterocycles. The number of rotatable bonds is 11. The van der Waals surface area contributed by atoms with Crippen LogP contribution in [0.4, 0.5) is 10.6 Å². The van der Waals surface area contributed by atoms with E-state index in [1.165, 1.54) is 6.42 Å². The van der Waals surface area contributed by atoms with E-state index < -0.39 is 5.60 Å². The topological polar surface area (TPSA) is 106 Å². The molecule has 1 aromatic carbocycles. The van der Waals surface area contributed by atoms with Gasteiger partial charge in [-0.1, -0.05) is 13.8 Å². The lowest BCUT2D eigenvalue weighted by Crippen LogP contribution is -2.44. The third-order valence-electron chi connectivity index (χ3n) is 6.82. The summed E-state index contributed by atoms with van der Waals surface area (Å²) in [5.41, 5.74) is 2.01. The summed E-state index contributed by atoms with van der Waals surface area (Å²) in [5.74, 6) is 3.06. The van der Waals surface area contributed by atoms with Gasteiger partial charge in [-0.15, -0.1) is 10.2 Å². The number of ether oxygens (including phenoxy) is 2. The van der Waals surface area contributed by atoms with Gasteiger partial charge in [-0.3, -0.25) is 4.40 Å². The molecule has 0 saturated carbocycles. The Bertz CT molecular complexity index is 1240. The Hall–Kier alpha value is -3.14. The maximum absolute atomic E-state index is 12.4. The van der Waals surface area contributed by atoms with Crippen LogP contribution in [0.5, 0.6) is 5.75 Å². The van der Waals surface area contributed by atoms with Crippen molar-refractivity contribution in [3.8, 4) is 5.75 Å². The van der Waals surface area contributed by atoms with Crippen molar-refractivity contribution in [1.29, 1.82) is 0 Å². The fourth-order valence-electron chi connectivity index (χ4n) is 4.72. The quantitative estimate of drug-likeness (QED) is 0.321. The van der Waals surface area contributed by atoms with Crippen molar-refractivity contribution >= 4 is 28.6 Å². The fraction of sp³-hybridized carbons (Fsp3) is 0.655. The van der Waals surface area contributed by atoms with Crippen molar-refractivity contribution in [2.24, 2.45) is 5.92 Å². The number of carbonyl (C=O) groups is 1. The third-order valence-corrected chi connectivity index (χ3v) is 6.82. The molecule has 1 amide bonds. The van der Waals surface area contributed by atoms with Gasteiger partial charge in [0, 0.05) is 38.5 Å². The van der Waals surface area contributed by atoms with E-state index in [0.717, 1.165) is 85.3 Å². The Morgan fingerprint density at radius 3 is 2.56 bits per heavy atom. The summed E-state index contributed by atoms with van der Waals surface area (Å²) in [6.45, 7) is 16.3. The van der Waals surface area contributed by atoms with E-state index in [2.05, 4.69) is 34.7 Å². The molecule has 3 heterocycles. The van der Waals surface area contributed by atoms with Gasteiger partial charge < -0.3 is 25.0 Å². The van der Waals surface area contributed by atoms with Crippen molar-refractivity contribution in [1.82, 2.24) is 29.8 Å². The molecule has 0 radical (unpaired) electrons. The minimum Gasteiger partial charge on any atom is -0.490 e. The van der Waals surface area contributed by atoms with Gasteiger partial charge in [-0.25, -0.2) is 9.78 Å². The molecule has 0 atom stereocenters. The minimum absolute atomic E-state index is 0.0354. The van der Waals surface area contributed by atoms with Crippen LogP contribution in [0, 0.1) is 12.8 Å². The number of nitrogens with zero attached hydrogens (tertiary/aromatic N) is 5. The van der Waals surface area contributed by atoms with Crippen LogP contribution >= 0.6 is 0 Å². The Morgan fingerprint density at radius 2 is 1.85 bits per heavy atom. The number of carbonyl (C=O) groups excluding carboxylic acids is 1. The molecule has 1 aliphatic rings. The van der Waals surface area contributed by atoms with Crippen LogP contribution in [0.1, 0.15) is 72.5 Å². The van der Waals surface area contributed by atoms with Crippen LogP contribution in [-0.4, -0.2) is 75.0 Å². The first kappa shape index (κ1) is 28.9. The number of benzene rings is 1. The fourth-order valence-corrected chi connectivity index (χ4v) is 4.72. The molecule has 0 bridgehead atoms. The van der Waals surface area contributed by atoms with Gasteiger partial charge in [-0.2, -0.15) is 0 Å². The second-order valence-corrected chi connectivity index (χ2v) is 11.9. The highest BCUT2D eigenvalue weighted by Gasteiger charge is 2.27. The second kappa shape index (κ2) is 12.8. The van der Waals surface area contributed by atoms with Crippen molar-refractivity contribution in [2.45, 2.75) is 85.4 Å². The monoisotopic (exact) mass is 539 g/mol. The number of anilines is 1. The highest BCUT2D eigenvalue weighted by molar-refractivity contribution is 5.84. The molecular formula is C29H45N7O3. The number of likely N-dealkylation sites (tertiary alicyclic amines) is 1. The first-order valence-electron chi connectivity index (χ1n) is 14.4. The zero-order valence-corrected chi connectivity index (χ0v) is 24.4. The van der Waals surface area contributed by atoms with Crippen LogP contribution in [0.3, 0.4) is 0 Å². The Kier molecular flexibility index (Phi) is 9.48. The van der Waals surface area contributed by atoms with E-state index in [1.54, 1.807) is 4.90 Å². The van der Waals surface area contributed by atoms with Gasteiger partial charge in [0.25, 0.3) is 0 Å². The minimum atomic E-state index is -0.491. The predicted octanol–water partition coefficient (Wildman–Crippen LogP) is 5.19. The molecule has 0 aliphatic carbocycles. The van der Waals surface area contributed by atoms with Gasteiger partial charge >= 0.3 is 6.09 Å². The van der Waals surface area contributed by atoms with E-state index in [9.17, 15) is 4.79 Å². The van der Waals surface area contributed by atoms with Crippen molar-refractivity contribution in [2.75, 3.05) is 38.0 Å². The average Bonchev–Trinajstić information content (AvgIpc) is 3.26. The number of unbranched alkanes of at least 4 members (excludes halogenated alkanes) is 1. The number of piperidine rings is 1. The largest absolute Gasteiger partial charge is 0.490 e. The number of fused-ring (bicyclic) bond motifs is 3. The van der Waals surface area contributed by atoms with Crippen molar-refractivity contribution < 1.29 is 14.3 Å². The number of amides is 1. The van der Waals surface area contributed by atoms with E-state index >= 15 is 0 Å². The summed E-state index contributed by atoms with van der Waals surface area (Å²) in [6.07, 6.45) is 4.64. The van der Waals surface area contributed by atoms with Crippen molar-refractivity contribution in [3.63, 3.8) is 0 Å². The Morgan fingerprint density at radius 1 is 1.10 bits per heavy atom. The van der Waals surface area contributed by atoms with Gasteiger partial charge in [0.15, 0.2) is 5.82 Å². The zero-order chi connectivity index (χ0) is 28.0. The zero-order valence-electron chi connectivity index (χ0n) is 24.4. The molecule has 1 aliphatic heterocycles. The van der Waals surface area contributed by atoms with Gasteiger partial charge in [0.05, 0.1) is 11.0 Å². The second-order valence-electron chi connectivity index (χ2n) is 11.9. The molecule has 4 rings (SSSR count). The molecular weight excluding hydrogens is 494 g/mol. The molecule has 10 heteroatoms. The van der Waals surface area contributed by atoms with Crippen LogP contribution in [0.15, 0.2) is 18.2 Å². The maximum atomic E-state index is 12.4. The molecule has 0 unspecified atom stereocenters. The lowest BCUT2D eigenvalue weighted by molar-refractivity contribution is 0.0127. The number of hydrogen-bond donors (Lipinski definition) is 2. The maximum Gasteiger partial charge on any atom is 0.410 e. The normalized spacial score (nSPS) is 14.9.